The molecule has 1 N–H and O–H groups in total. The predicted octanol–water partition coefficient (Wildman–Crippen LogP) is 5.55. The van der Waals surface area contributed by atoms with Gasteiger partial charge in [-0.2, -0.15) is 8.78 Å². The van der Waals surface area contributed by atoms with E-state index in [0.29, 0.717) is 23.1 Å². The summed E-state index contributed by atoms with van der Waals surface area (Å²) in [6.45, 7) is -2.55. The molecule has 0 atom stereocenters. The van der Waals surface area contributed by atoms with Crippen molar-refractivity contribution in [2.75, 3.05) is 0 Å². The fourth-order valence-electron chi connectivity index (χ4n) is 2.53. The predicted molar refractivity (Wildman–Crippen MR) is 110 cm³/mol. The Bertz CT molecular complexity index is 937. The Morgan fingerprint density at radius 2 is 2.00 bits per heavy atom. The van der Waals surface area contributed by atoms with Crippen LogP contribution in [0, 0.1) is 0 Å². The third-order valence-corrected chi connectivity index (χ3v) is 5.03. The zero-order chi connectivity index (χ0) is 20.6. The van der Waals surface area contributed by atoms with Gasteiger partial charge < -0.3 is 14.8 Å². The third kappa shape index (κ3) is 6.79. The number of alkyl halides is 2. The van der Waals surface area contributed by atoms with Crippen molar-refractivity contribution in [3.8, 4) is 16.7 Å². The maximum atomic E-state index is 12.5. The summed E-state index contributed by atoms with van der Waals surface area (Å²) in [5.41, 5.74) is 1.45. The third-order valence-electron chi connectivity index (χ3n) is 3.89. The second-order valence-corrected chi connectivity index (χ2v) is 7.72. The molecule has 1 heterocycles. The topological polar surface area (TPSA) is 60.5 Å². The van der Waals surface area contributed by atoms with Crippen LogP contribution in [0.1, 0.15) is 17.5 Å². The first kappa shape index (κ1) is 21.2. The molecule has 1 amide bonds. The Kier molecular flexibility index (Phi) is 7.54. The first-order valence-corrected chi connectivity index (χ1v) is 10.3. The SMILES string of the molecule is O=C(CCc1cc(Br)ccc1OC(F)F)NCc1ccc(Oc2nccs2)cc1. The summed E-state index contributed by atoms with van der Waals surface area (Å²) >= 11 is 4.70. The van der Waals surface area contributed by atoms with E-state index in [1.807, 2.05) is 17.5 Å². The average molecular weight is 483 g/mol. The number of nitrogens with one attached hydrogen (secondary N) is 1. The van der Waals surface area contributed by atoms with E-state index < -0.39 is 6.61 Å². The molecule has 0 saturated heterocycles. The van der Waals surface area contributed by atoms with Crippen LogP contribution in [0.4, 0.5) is 8.78 Å². The minimum atomic E-state index is -2.91. The smallest absolute Gasteiger partial charge is 0.387 e. The van der Waals surface area contributed by atoms with E-state index in [9.17, 15) is 13.6 Å². The summed E-state index contributed by atoms with van der Waals surface area (Å²) in [6.07, 6.45) is 2.11. The van der Waals surface area contributed by atoms with Crippen LogP contribution in [0.5, 0.6) is 16.7 Å². The number of amides is 1. The second-order valence-electron chi connectivity index (χ2n) is 5.95. The van der Waals surface area contributed by atoms with Crippen molar-refractivity contribution in [2.24, 2.45) is 0 Å². The highest BCUT2D eigenvalue weighted by Gasteiger charge is 2.12. The Labute approximate surface area is 178 Å². The van der Waals surface area contributed by atoms with E-state index in [1.165, 1.54) is 17.4 Å². The quantitative estimate of drug-likeness (QED) is 0.434. The first-order valence-electron chi connectivity index (χ1n) is 8.66. The van der Waals surface area contributed by atoms with Crippen LogP contribution < -0.4 is 14.8 Å². The molecule has 0 aliphatic rings. The maximum Gasteiger partial charge on any atom is 0.387 e. The number of carbonyl (C=O) groups is 1. The molecule has 0 fully saturated rings. The summed E-state index contributed by atoms with van der Waals surface area (Å²) in [7, 11) is 0. The highest BCUT2D eigenvalue weighted by Crippen LogP contribution is 2.26. The maximum absolute atomic E-state index is 12.5. The van der Waals surface area contributed by atoms with Gasteiger partial charge in [-0.3, -0.25) is 4.79 Å². The molecule has 5 nitrogen and oxygen atoms in total. The lowest BCUT2D eigenvalue weighted by molar-refractivity contribution is -0.121. The van der Waals surface area contributed by atoms with Gasteiger partial charge >= 0.3 is 6.61 Å². The van der Waals surface area contributed by atoms with Crippen molar-refractivity contribution in [1.29, 1.82) is 0 Å². The molecule has 0 bridgehead atoms. The van der Waals surface area contributed by atoms with Gasteiger partial charge in [-0.25, -0.2) is 4.98 Å². The molecule has 0 spiro atoms. The lowest BCUT2D eigenvalue weighted by Crippen LogP contribution is -2.23. The van der Waals surface area contributed by atoms with Gasteiger partial charge in [-0.05, 0) is 47.9 Å². The summed E-state index contributed by atoms with van der Waals surface area (Å²) in [4.78, 5) is 16.2. The van der Waals surface area contributed by atoms with E-state index >= 15 is 0 Å². The molecule has 1 aromatic heterocycles. The Hall–Kier alpha value is -2.52. The van der Waals surface area contributed by atoms with Crippen molar-refractivity contribution in [3.05, 3.63) is 69.6 Å². The molecule has 9 heteroatoms. The summed E-state index contributed by atoms with van der Waals surface area (Å²) in [5.74, 6) is 0.555. The molecule has 0 aliphatic heterocycles. The molecule has 29 heavy (non-hydrogen) atoms. The highest BCUT2D eigenvalue weighted by molar-refractivity contribution is 9.10. The van der Waals surface area contributed by atoms with E-state index in [0.717, 1.165) is 10.0 Å². The average Bonchev–Trinajstić information content (AvgIpc) is 3.20. The summed E-state index contributed by atoms with van der Waals surface area (Å²) in [5, 5.41) is 5.21. The number of aromatic nitrogens is 1. The molecule has 0 saturated carbocycles. The molecule has 0 aliphatic carbocycles. The Morgan fingerprint density at radius 3 is 2.69 bits per heavy atom. The van der Waals surface area contributed by atoms with Crippen LogP contribution in [0.3, 0.4) is 0 Å². The molecule has 3 rings (SSSR count). The lowest BCUT2D eigenvalue weighted by Gasteiger charge is -2.11. The van der Waals surface area contributed by atoms with Crippen molar-refractivity contribution in [1.82, 2.24) is 10.3 Å². The van der Waals surface area contributed by atoms with Crippen LogP contribution in [-0.4, -0.2) is 17.5 Å². The zero-order valence-electron chi connectivity index (χ0n) is 15.1. The Balaban J connectivity index is 1.48. The first-order chi connectivity index (χ1) is 14.0. The van der Waals surface area contributed by atoms with Gasteiger partial charge in [0.1, 0.15) is 11.5 Å². The van der Waals surface area contributed by atoms with Crippen LogP contribution in [-0.2, 0) is 17.8 Å². The minimum Gasteiger partial charge on any atom is -0.435 e. The fraction of sp³-hybridized carbons (Fsp3) is 0.200. The number of carbonyl (C=O) groups excluding carboxylic acids is 1. The number of nitrogens with zero attached hydrogens (tertiary/aromatic N) is 1. The molecule has 152 valence electrons. The van der Waals surface area contributed by atoms with Crippen molar-refractivity contribution >= 4 is 33.2 Å². The molecule has 0 unspecified atom stereocenters. The van der Waals surface area contributed by atoms with Gasteiger partial charge in [0, 0.05) is 29.0 Å². The molecular weight excluding hydrogens is 466 g/mol. The van der Waals surface area contributed by atoms with Crippen LogP contribution in [0.2, 0.25) is 0 Å². The van der Waals surface area contributed by atoms with Gasteiger partial charge in [0.25, 0.3) is 5.19 Å². The van der Waals surface area contributed by atoms with E-state index in [1.54, 1.807) is 30.5 Å². The molecular formula is C20H17BrF2N2O3S. The van der Waals surface area contributed by atoms with Crippen molar-refractivity contribution in [3.63, 3.8) is 0 Å². The van der Waals surface area contributed by atoms with E-state index in [-0.39, 0.29) is 24.5 Å². The number of benzene rings is 2. The fourth-order valence-corrected chi connectivity index (χ4v) is 3.44. The number of aryl methyl sites for hydroxylation is 1. The summed E-state index contributed by atoms with van der Waals surface area (Å²) in [6, 6.07) is 12.1. The van der Waals surface area contributed by atoms with Gasteiger partial charge in [-0.15, -0.1) is 0 Å². The van der Waals surface area contributed by atoms with Gasteiger partial charge in [-0.1, -0.05) is 39.4 Å². The van der Waals surface area contributed by atoms with Crippen LogP contribution in [0.15, 0.2) is 58.5 Å². The molecule has 0 radical (unpaired) electrons. The van der Waals surface area contributed by atoms with Crippen molar-refractivity contribution < 1.29 is 23.0 Å². The zero-order valence-corrected chi connectivity index (χ0v) is 17.5. The van der Waals surface area contributed by atoms with Gasteiger partial charge in [0.2, 0.25) is 5.91 Å². The largest absolute Gasteiger partial charge is 0.435 e. The van der Waals surface area contributed by atoms with Crippen molar-refractivity contribution in [2.45, 2.75) is 26.0 Å². The van der Waals surface area contributed by atoms with E-state index in [4.69, 9.17) is 4.74 Å². The standard InChI is InChI=1S/C20H17BrF2N2O3S/c21-15-4-7-17(28-19(22)23)14(11-15)3-8-18(26)25-12-13-1-5-16(6-2-13)27-20-24-9-10-29-20/h1-2,4-7,9-11,19H,3,8,12H2,(H,25,26). The summed E-state index contributed by atoms with van der Waals surface area (Å²) < 4.78 is 35.9. The minimum absolute atomic E-state index is 0.0758. The molecule has 2 aromatic carbocycles. The number of hydrogen-bond acceptors (Lipinski definition) is 5. The van der Waals surface area contributed by atoms with E-state index in [2.05, 4.69) is 31.0 Å². The highest BCUT2D eigenvalue weighted by atomic mass is 79.9. The van der Waals surface area contributed by atoms with Crippen LogP contribution >= 0.6 is 27.3 Å². The monoisotopic (exact) mass is 482 g/mol. The normalized spacial score (nSPS) is 10.8. The van der Waals surface area contributed by atoms with Crippen LogP contribution in [0.25, 0.3) is 0 Å². The number of rotatable bonds is 9. The van der Waals surface area contributed by atoms with Gasteiger partial charge in [0.15, 0.2) is 0 Å². The number of hydrogen-bond donors (Lipinski definition) is 1. The second kappa shape index (κ2) is 10.3. The number of halogens is 3. The molecule has 3 aromatic rings. The lowest BCUT2D eigenvalue weighted by atomic mass is 10.1. The Morgan fingerprint density at radius 1 is 1.21 bits per heavy atom. The number of ether oxygens (including phenoxy) is 2. The van der Waals surface area contributed by atoms with Gasteiger partial charge in [0.05, 0.1) is 0 Å². The number of thiazole rings is 1.